The topological polar surface area (TPSA) is 70.4 Å². The monoisotopic (exact) mass is 372 g/mol. The second-order valence-electron chi connectivity index (χ2n) is 5.54. The Labute approximate surface area is 150 Å². The van der Waals surface area contributed by atoms with Crippen LogP contribution in [0, 0.1) is 5.92 Å². The molecule has 1 amide bonds. The first-order chi connectivity index (χ1) is 11.4. The molecule has 1 heterocycles. The Hall–Kier alpha value is -1.79. The summed E-state index contributed by atoms with van der Waals surface area (Å²) in [6, 6.07) is 2.91. The molecule has 1 aliphatic rings. The maximum absolute atomic E-state index is 12.7. The Kier molecular flexibility index (Phi) is 6.07. The third-order valence-electron chi connectivity index (χ3n) is 3.40. The molecule has 0 unspecified atom stereocenters. The molecule has 0 aliphatic carbocycles. The lowest BCUT2D eigenvalue weighted by Crippen LogP contribution is -2.38. The fraction of sp³-hybridized carbons (Fsp3) is 0.438. The first-order valence-electron chi connectivity index (χ1n) is 7.71. The van der Waals surface area contributed by atoms with E-state index in [0.29, 0.717) is 24.7 Å². The van der Waals surface area contributed by atoms with Crippen LogP contribution in [-0.4, -0.2) is 42.1 Å². The van der Waals surface area contributed by atoms with E-state index < -0.39 is 5.97 Å². The van der Waals surface area contributed by atoms with Crippen LogP contribution in [0.25, 0.3) is 0 Å². The average Bonchev–Trinajstić information content (AvgIpc) is 3.04. The van der Waals surface area contributed by atoms with Crippen LogP contribution in [0.5, 0.6) is 0 Å². The molecule has 2 N–H and O–H groups in total. The summed E-state index contributed by atoms with van der Waals surface area (Å²) in [5.74, 6) is -0.418. The largest absolute Gasteiger partial charge is 0.462 e. The summed E-state index contributed by atoms with van der Waals surface area (Å²) >= 11 is 12.7. The van der Waals surface area contributed by atoms with E-state index in [9.17, 15) is 9.59 Å². The molecular weight excluding hydrogens is 353 g/mol. The highest BCUT2D eigenvalue weighted by molar-refractivity contribution is 6.39. The Balaban J connectivity index is 2.57. The second-order valence-corrected chi connectivity index (χ2v) is 6.35. The van der Waals surface area contributed by atoms with E-state index >= 15 is 0 Å². The molecule has 24 heavy (non-hydrogen) atoms. The van der Waals surface area contributed by atoms with Crippen molar-refractivity contribution in [3.63, 3.8) is 0 Å². The van der Waals surface area contributed by atoms with Gasteiger partial charge in [-0.1, -0.05) is 37.0 Å². The van der Waals surface area contributed by atoms with Gasteiger partial charge in [-0.2, -0.15) is 4.58 Å². The first kappa shape index (κ1) is 18.5. The number of ether oxygens (including phenoxy) is 1. The van der Waals surface area contributed by atoms with Crippen molar-refractivity contribution in [1.29, 1.82) is 0 Å². The number of halogens is 2. The Bertz CT molecular complexity index is 671. The van der Waals surface area contributed by atoms with Gasteiger partial charge in [-0.25, -0.2) is 4.79 Å². The Morgan fingerprint density at radius 2 is 1.75 bits per heavy atom. The van der Waals surface area contributed by atoms with Gasteiger partial charge in [0, 0.05) is 5.92 Å². The molecule has 0 bridgehead atoms. The van der Waals surface area contributed by atoms with Crippen molar-refractivity contribution in [2.75, 3.05) is 19.7 Å². The highest BCUT2D eigenvalue weighted by Gasteiger charge is 2.30. The first-order valence-corrected chi connectivity index (χ1v) is 8.47. The van der Waals surface area contributed by atoms with Gasteiger partial charge in [-0.3, -0.25) is 15.4 Å². The van der Waals surface area contributed by atoms with E-state index in [1.807, 2.05) is 0 Å². The van der Waals surface area contributed by atoms with Gasteiger partial charge in [0.25, 0.3) is 5.91 Å². The van der Waals surface area contributed by atoms with E-state index in [1.54, 1.807) is 20.8 Å². The van der Waals surface area contributed by atoms with Crippen LogP contribution in [0.15, 0.2) is 12.1 Å². The zero-order chi connectivity index (χ0) is 17.9. The zero-order valence-corrected chi connectivity index (χ0v) is 15.3. The van der Waals surface area contributed by atoms with Crippen LogP contribution >= 0.6 is 23.2 Å². The number of hydrogen-bond acceptors (Lipinski definition) is 3. The van der Waals surface area contributed by atoms with E-state index in [4.69, 9.17) is 27.9 Å². The summed E-state index contributed by atoms with van der Waals surface area (Å²) in [6.07, 6.45) is 0. The van der Waals surface area contributed by atoms with Crippen molar-refractivity contribution in [3.8, 4) is 0 Å². The molecule has 1 aliphatic heterocycles. The summed E-state index contributed by atoms with van der Waals surface area (Å²) in [7, 11) is 0. The number of esters is 1. The number of hydrogen-bond donors (Lipinski definition) is 2. The van der Waals surface area contributed by atoms with Crippen molar-refractivity contribution < 1.29 is 18.9 Å². The predicted octanol–water partition coefficient (Wildman–Crippen LogP) is 2.55. The van der Waals surface area contributed by atoms with Gasteiger partial charge in [0.15, 0.2) is 0 Å². The molecule has 130 valence electrons. The van der Waals surface area contributed by atoms with E-state index in [1.165, 1.54) is 16.7 Å². The lowest BCUT2D eigenvalue weighted by molar-refractivity contribution is -0.375. The third-order valence-corrected chi connectivity index (χ3v) is 3.98. The predicted molar refractivity (Wildman–Crippen MR) is 93.2 cm³/mol. The Morgan fingerprint density at radius 3 is 2.21 bits per heavy atom. The lowest BCUT2D eigenvalue weighted by Gasteiger charge is -2.15. The smallest absolute Gasteiger partial charge is 0.358 e. The van der Waals surface area contributed by atoms with Gasteiger partial charge >= 0.3 is 11.9 Å². The molecule has 0 atom stereocenters. The standard InChI is InChI=1S/C16H19Cl2N3O3/c1-4-24-15(23)10-7-11(17)13(12(18)8-10)21(14(22)9(2)3)16-19-5-6-20-16/h7-9H,4-6H2,1-3H3,(H,19,20)/p+1. The van der Waals surface area contributed by atoms with Crippen LogP contribution in [0.3, 0.4) is 0 Å². The summed E-state index contributed by atoms with van der Waals surface area (Å²) in [6.45, 7) is 6.92. The summed E-state index contributed by atoms with van der Waals surface area (Å²) < 4.78 is 6.38. The van der Waals surface area contributed by atoms with Crippen LogP contribution in [0.1, 0.15) is 31.1 Å². The van der Waals surface area contributed by atoms with Crippen molar-refractivity contribution in [2.45, 2.75) is 20.8 Å². The van der Waals surface area contributed by atoms with Crippen LogP contribution in [-0.2, 0) is 9.53 Å². The third kappa shape index (κ3) is 3.82. The van der Waals surface area contributed by atoms with Crippen LogP contribution in [0.4, 0.5) is 5.69 Å². The second kappa shape index (κ2) is 7.85. The lowest BCUT2D eigenvalue weighted by atomic mass is 10.1. The average molecular weight is 373 g/mol. The molecule has 1 aromatic rings. The molecular formula is C16H20Cl2N3O3+. The fourth-order valence-corrected chi connectivity index (χ4v) is 2.94. The quantitative estimate of drug-likeness (QED) is 0.627. The minimum absolute atomic E-state index is 0.167. The van der Waals surface area contributed by atoms with Crippen molar-refractivity contribution >= 4 is 46.7 Å². The molecule has 1 saturated heterocycles. The number of rotatable bonds is 4. The molecule has 8 heteroatoms. The van der Waals surface area contributed by atoms with Gasteiger partial charge in [-0.05, 0) is 19.1 Å². The molecule has 1 aromatic carbocycles. The highest BCUT2D eigenvalue weighted by Crippen LogP contribution is 2.35. The minimum atomic E-state index is -0.514. The van der Waals surface area contributed by atoms with E-state index in [0.717, 1.165) is 0 Å². The summed E-state index contributed by atoms with van der Waals surface area (Å²) in [5.41, 5.74) is 0.576. The highest BCUT2D eigenvalue weighted by atomic mass is 35.5. The summed E-state index contributed by atoms with van der Waals surface area (Å²) in [5, 5.41) is 6.60. The summed E-state index contributed by atoms with van der Waals surface area (Å²) in [4.78, 5) is 24.6. The van der Waals surface area contributed by atoms with E-state index in [2.05, 4.69) is 10.6 Å². The maximum Gasteiger partial charge on any atom is 0.358 e. The number of benzene rings is 1. The van der Waals surface area contributed by atoms with E-state index in [-0.39, 0.29) is 34.0 Å². The fourth-order valence-electron chi connectivity index (χ4n) is 2.28. The van der Waals surface area contributed by atoms with Crippen molar-refractivity contribution in [3.05, 3.63) is 27.7 Å². The molecule has 0 saturated carbocycles. The number of guanidine groups is 1. The van der Waals surface area contributed by atoms with Crippen molar-refractivity contribution in [1.82, 2.24) is 10.6 Å². The number of carbonyl (C=O) groups is 2. The van der Waals surface area contributed by atoms with Gasteiger partial charge < -0.3 is 4.74 Å². The molecule has 6 nitrogen and oxygen atoms in total. The number of amides is 1. The molecule has 2 rings (SSSR count). The maximum atomic E-state index is 12.7. The molecule has 1 fully saturated rings. The number of nitrogens with zero attached hydrogens (tertiary/aromatic N) is 1. The zero-order valence-electron chi connectivity index (χ0n) is 13.8. The van der Waals surface area contributed by atoms with Gasteiger partial charge in [0.1, 0.15) is 5.69 Å². The van der Waals surface area contributed by atoms with Gasteiger partial charge in [-0.15, -0.1) is 0 Å². The van der Waals surface area contributed by atoms with Crippen molar-refractivity contribution in [2.24, 2.45) is 5.92 Å². The molecule has 0 spiro atoms. The minimum Gasteiger partial charge on any atom is -0.462 e. The van der Waals surface area contributed by atoms with Crippen LogP contribution in [0.2, 0.25) is 10.0 Å². The Morgan fingerprint density at radius 1 is 1.21 bits per heavy atom. The van der Waals surface area contributed by atoms with Gasteiger partial charge in [0.05, 0.1) is 35.3 Å². The number of carbonyl (C=O) groups excluding carboxylic acids is 2. The normalized spacial score (nSPS) is 13.5. The molecule has 0 radical (unpaired) electrons. The van der Waals surface area contributed by atoms with Crippen LogP contribution < -0.4 is 10.6 Å². The number of nitrogens with one attached hydrogen (secondary N) is 2. The SMILES string of the molecule is CCOC(=O)c1cc(Cl)c([N+](C(=O)C(C)C)=C2NCCN2)c(Cl)c1. The van der Waals surface area contributed by atoms with Gasteiger partial charge in [0.2, 0.25) is 0 Å². The molecule has 0 aromatic heterocycles.